The molecular formula is C78H62N10. The first-order valence-electron chi connectivity index (χ1n) is 29.1. The molecule has 0 spiro atoms. The predicted octanol–water partition coefficient (Wildman–Crippen LogP) is 18.6. The monoisotopic (exact) mass is 1140 g/mol. The molecule has 0 amide bonds. The molecule has 0 radical (unpaired) electrons. The van der Waals surface area contributed by atoms with Crippen LogP contribution in [0.3, 0.4) is 0 Å². The van der Waals surface area contributed by atoms with E-state index in [1.54, 1.807) is 0 Å². The summed E-state index contributed by atoms with van der Waals surface area (Å²) >= 11 is 0. The van der Waals surface area contributed by atoms with Gasteiger partial charge in [-0.05, 0) is 74.2 Å². The summed E-state index contributed by atoms with van der Waals surface area (Å²) in [5.41, 5.74) is 17.0. The molecule has 0 atom stereocenters. The highest BCUT2D eigenvalue weighted by Gasteiger charge is 2.13. The third-order valence-corrected chi connectivity index (χ3v) is 14.0. The largest absolute Gasteiger partial charge is 0.233 e. The predicted molar refractivity (Wildman–Crippen MR) is 357 cm³/mol. The van der Waals surface area contributed by atoms with Gasteiger partial charge in [0.05, 0.1) is 22.8 Å². The molecule has 0 unspecified atom stereocenters. The van der Waals surface area contributed by atoms with E-state index in [1.807, 2.05) is 216 Å². The minimum Gasteiger partial charge on any atom is -0.233 e. The molecule has 14 rings (SSSR count). The van der Waals surface area contributed by atoms with Gasteiger partial charge in [0.15, 0.2) is 23.3 Å². The van der Waals surface area contributed by atoms with Crippen LogP contribution >= 0.6 is 0 Å². The Kier molecular flexibility index (Phi) is 19.0. The van der Waals surface area contributed by atoms with E-state index in [0.717, 1.165) is 90.3 Å². The average molecular weight is 1140 g/mol. The van der Waals surface area contributed by atoms with Gasteiger partial charge in [0.2, 0.25) is 0 Å². The van der Waals surface area contributed by atoms with Crippen molar-refractivity contribution in [3.05, 3.63) is 327 Å². The Morgan fingerprint density at radius 1 is 0.148 bits per heavy atom. The first-order chi connectivity index (χ1) is 43.2. The molecular weight excluding hydrogens is 1080 g/mol. The molecule has 4 heterocycles. The van der Waals surface area contributed by atoms with E-state index in [1.165, 1.54) is 16.7 Å². The molecule has 424 valence electrons. The zero-order valence-corrected chi connectivity index (χ0v) is 49.3. The van der Waals surface area contributed by atoms with Gasteiger partial charge in [-0.25, -0.2) is 49.8 Å². The Morgan fingerprint density at radius 2 is 0.352 bits per heavy atom. The molecule has 0 fully saturated rings. The number of aryl methyl sites for hydroxylation is 4. The lowest BCUT2D eigenvalue weighted by Crippen LogP contribution is -1.99. The Hall–Kier alpha value is -11.6. The van der Waals surface area contributed by atoms with Gasteiger partial charge in [0.25, 0.3) is 0 Å². The van der Waals surface area contributed by atoms with E-state index >= 15 is 0 Å². The fraction of sp³-hybridized carbons (Fsp3) is 0.0513. The Morgan fingerprint density at radius 3 is 0.659 bits per heavy atom. The lowest BCUT2D eigenvalue weighted by atomic mass is 10.0. The van der Waals surface area contributed by atoms with E-state index in [2.05, 4.69) is 165 Å². The van der Waals surface area contributed by atoms with E-state index in [9.17, 15) is 0 Å². The number of hydrogen-bond acceptors (Lipinski definition) is 10. The van der Waals surface area contributed by atoms with Gasteiger partial charge >= 0.3 is 0 Å². The van der Waals surface area contributed by atoms with Gasteiger partial charge in [-0.15, -0.1) is 0 Å². The minimum atomic E-state index is 0.698. The van der Waals surface area contributed by atoms with Gasteiger partial charge < -0.3 is 0 Å². The van der Waals surface area contributed by atoms with Gasteiger partial charge in [-0.3, -0.25) is 0 Å². The van der Waals surface area contributed by atoms with Crippen molar-refractivity contribution in [1.29, 1.82) is 0 Å². The maximum atomic E-state index is 4.69. The van der Waals surface area contributed by atoms with Crippen molar-refractivity contribution in [2.45, 2.75) is 27.7 Å². The summed E-state index contributed by atoms with van der Waals surface area (Å²) in [6, 6.07) is 102. The molecule has 0 aliphatic carbocycles. The average Bonchev–Trinajstić information content (AvgIpc) is 3.67. The van der Waals surface area contributed by atoms with Crippen molar-refractivity contribution in [3.63, 3.8) is 0 Å². The number of nitrogens with zero attached hydrogens (tertiary/aromatic N) is 10. The summed E-state index contributed by atoms with van der Waals surface area (Å²) in [4.78, 5) is 45.4. The van der Waals surface area contributed by atoms with Crippen LogP contribution in [0.15, 0.2) is 303 Å². The number of rotatable bonds is 10. The Labute approximate surface area is 514 Å². The van der Waals surface area contributed by atoms with Crippen molar-refractivity contribution < 1.29 is 0 Å². The molecule has 0 saturated heterocycles. The van der Waals surface area contributed by atoms with Crippen LogP contribution in [0.5, 0.6) is 0 Å². The van der Waals surface area contributed by atoms with Crippen LogP contribution < -0.4 is 0 Å². The summed E-state index contributed by atoms with van der Waals surface area (Å²) < 4.78 is 0. The molecule has 10 nitrogen and oxygen atoms in total. The normalized spacial score (nSPS) is 10.5. The van der Waals surface area contributed by atoms with E-state index < -0.39 is 0 Å². The third-order valence-electron chi connectivity index (χ3n) is 14.0. The quantitative estimate of drug-likeness (QED) is 0.130. The van der Waals surface area contributed by atoms with E-state index in [0.29, 0.717) is 29.1 Å². The van der Waals surface area contributed by atoms with Gasteiger partial charge in [-0.1, -0.05) is 279 Å². The van der Waals surface area contributed by atoms with Gasteiger partial charge in [0, 0.05) is 44.5 Å². The van der Waals surface area contributed by atoms with Crippen LogP contribution in [0, 0.1) is 27.7 Å². The fourth-order valence-corrected chi connectivity index (χ4v) is 9.75. The van der Waals surface area contributed by atoms with Crippen molar-refractivity contribution in [1.82, 2.24) is 49.8 Å². The minimum absolute atomic E-state index is 0.698. The fourth-order valence-electron chi connectivity index (χ4n) is 9.75. The second kappa shape index (κ2) is 28.8. The first kappa shape index (κ1) is 58.2. The number of aromatic nitrogens is 10. The van der Waals surface area contributed by atoms with Crippen molar-refractivity contribution in [3.8, 4) is 113 Å². The molecule has 0 saturated carbocycles. The van der Waals surface area contributed by atoms with Crippen LogP contribution in [0.2, 0.25) is 0 Å². The second-order valence-corrected chi connectivity index (χ2v) is 20.5. The number of benzene rings is 10. The van der Waals surface area contributed by atoms with Crippen molar-refractivity contribution in [2.24, 2.45) is 0 Å². The lowest BCUT2D eigenvalue weighted by molar-refractivity contribution is 0.991. The molecule has 14 aromatic rings. The Balaban J connectivity index is 0.000000122. The maximum Gasteiger partial charge on any atom is 0.163 e. The summed E-state index contributed by atoms with van der Waals surface area (Å²) in [7, 11) is 0. The highest BCUT2D eigenvalue weighted by molar-refractivity contribution is 5.75. The van der Waals surface area contributed by atoms with Crippen molar-refractivity contribution >= 4 is 0 Å². The van der Waals surface area contributed by atoms with Gasteiger partial charge in [0.1, 0.15) is 23.3 Å². The molecule has 0 aliphatic heterocycles. The molecule has 0 bridgehead atoms. The summed E-state index contributed by atoms with van der Waals surface area (Å²) in [6.45, 7) is 7.66. The lowest BCUT2D eigenvalue weighted by Gasteiger charge is -2.08. The summed E-state index contributed by atoms with van der Waals surface area (Å²) in [5.74, 6) is 5.85. The Bertz CT molecular complexity index is 4100. The van der Waals surface area contributed by atoms with Crippen LogP contribution in [0.1, 0.15) is 23.3 Å². The molecule has 10 aromatic carbocycles. The molecule has 88 heavy (non-hydrogen) atoms. The van der Waals surface area contributed by atoms with Gasteiger partial charge in [-0.2, -0.15) is 0 Å². The highest BCUT2D eigenvalue weighted by atomic mass is 15.0. The SMILES string of the molecule is Cc1nc(-c2ccccc2)cc(-c2cccc(-c3ccccc3)c2)n1.Cc1nc(-c2ccccc2)cc(-c2ccccc2)n1.Cc1nc(-c2ccccc2)nc(-c2cccc(-c3ccccc3)c2)n1.Cc1nc(-c2ccccc2)nc(-c2ccccc2)n1. The zero-order valence-electron chi connectivity index (χ0n) is 49.3. The highest BCUT2D eigenvalue weighted by Crippen LogP contribution is 2.30. The standard InChI is InChI=1S/C23H18N2.C22H17N3.C17H14N2.C16H13N3/c1-17-24-22(19-11-6-3-7-12-19)16-23(25-17)21-14-8-13-20(15-21)18-9-4-2-5-10-18;1-16-23-21(18-11-6-3-7-12-18)25-22(24-16)20-14-8-13-19(15-20)17-9-4-2-5-10-17;1-13-18-16(14-8-4-2-5-9-14)12-17(19-13)15-10-6-3-7-11-15;1-12-17-15(13-8-4-2-5-9-13)19-16(18-12)14-10-6-3-7-11-14/h2-16H,1H3;2-15H,1H3;2-12H,1H3;2-11H,1H3. The van der Waals surface area contributed by atoms with Crippen LogP contribution in [-0.4, -0.2) is 49.8 Å². The van der Waals surface area contributed by atoms with E-state index in [-0.39, 0.29) is 0 Å². The molecule has 0 N–H and O–H groups in total. The van der Waals surface area contributed by atoms with Crippen LogP contribution in [-0.2, 0) is 0 Å². The summed E-state index contributed by atoms with van der Waals surface area (Å²) in [6.07, 6.45) is 0. The molecule has 10 heteroatoms. The number of hydrogen-bond donors (Lipinski definition) is 0. The van der Waals surface area contributed by atoms with Crippen LogP contribution in [0.4, 0.5) is 0 Å². The molecule has 0 aliphatic rings. The smallest absolute Gasteiger partial charge is 0.163 e. The summed E-state index contributed by atoms with van der Waals surface area (Å²) in [5, 5.41) is 0. The topological polar surface area (TPSA) is 129 Å². The third kappa shape index (κ3) is 15.6. The van der Waals surface area contributed by atoms with Crippen molar-refractivity contribution in [2.75, 3.05) is 0 Å². The maximum absolute atomic E-state index is 4.69. The molecule has 4 aromatic heterocycles. The van der Waals surface area contributed by atoms with E-state index in [4.69, 9.17) is 0 Å². The zero-order chi connectivity index (χ0) is 60.3. The second-order valence-electron chi connectivity index (χ2n) is 20.5. The van der Waals surface area contributed by atoms with Crippen LogP contribution in [0.25, 0.3) is 113 Å². The first-order valence-corrected chi connectivity index (χ1v) is 29.1.